The van der Waals surface area contributed by atoms with E-state index in [2.05, 4.69) is 16.6 Å². The first kappa shape index (κ1) is 22.9. The third-order valence-electron chi connectivity index (χ3n) is 4.43. The summed E-state index contributed by atoms with van der Waals surface area (Å²) in [6, 6.07) is 11.7. The number of alkyl halides is 3. The molecule has 2 aromatic carbocycles. The molecule has 32 heavy (non-hydrogen) atoms. The molecule has 0 aromatic heterocycles. The van der Waals surface area contributed by atoms with Crippen LogP contribution in [-0.4, -0.2) is 36.2 Å². The molecule has 1 aliphatic heterocycles. The van der Waals surface area contributed by atoms with Crippen molar-refractivity contribution >= 4 is 23.1 Å². The number of ether oxygens (including phenoxy) is 2. The molecule has 0 atom stereocenters. The van der Waals surface area contributed by atoms with Gasteiger partial charge in [0, 0.05) is 18.3 Å². The summed E-state index contributed by atoms with van der Waals surface area (Å²) in [7, 11) is 0. The molecular weight excluding hydrogens is 425 g/mol. The second-order valence-corrected chi connectivity index (χ2v) is 6.83. The molecule has 0 radical (unpaired) electrons. The normalized spacial score (nSPS) is 14.1. The fraction of sp³-hybridized carbons (Fsp3) is 0.217. The van der Waals surface area contributed by atoms with Crippen molar-refractivity contribution in [1.82, 2.24) is 4.90 Å². The van der Waals surface area contributed by atoms with Crippen molar-refractivity contribution in [2.45, 2.75) is 19.7 Å². The van der Waals surface area contributed by atoms with Crippen molar-refractivity contribution in [3.8, 4) is 11.5 Å². The topological polar surface area (TPSA) is 67.9 Å². The van der Waals surface area contributed by atoms with E-state index < -0.39 is 23.9 Å². The second kappa shape index (κ2) is 9.59. The van der Waals surface area contributed by atoms with E-state index in [1.165, 1.54) is 18.2 Å². The van der Waals surface area contributed by atoms with Crippen LogP contribution in [0, 0.1) is 0 Å². The van der Waals surface area contributed by atoms with Crippen molar-refractivity contribution in [2.75, 3.05) is 18.5 Å². The fourth-order valence-corrected chi connectivity index (χ4v) is 3.11. The summed E-state index contributed by atoms with van der Waals surface area (Å²) >= 11 is 0. The lowest BCUT2D eigenvalue weighted by atomic mass is 10.0. The summed E-state index contributed by atoms with van der Waals surface area (Å²) in [5, 5.41) is 2.79. The number of nitrogens with zero attached hydrogens (tertiary/aromatic N) is 1. The third kappa shape index (κ3) is 5.29. The SMILES string of the molecule is C=CCN1C(=O)C(Nc2cccc(OC(F)(F)F)c2)=C(c2ccc(OCCC)cc2)C1=O. The maximum Gasteiger partial charge on any atom is 0.573 e. The number of halogens is 3. The lowest BCUT2D eigenvalue weighted by Gasteiger charge is -2.13. The third-order valence-corrected chi connectivity index (χ3v) is 4.43. The number of rotatable bonds is 9. The Morgan fingerprint density at radius 1 is 1.06 bits per heavy atom. The smallest absolute Gasteiger partial charge is 0.494 e. The molecule has 6 nitrogen and oxygen atoms in total. The van der Waals surface area contributed by atoms with Gasteiger partial charge in [-0.15, -0.1) is 19.8 Å². The Labute approximate surface area is 182 Å². The first-order valence-electron chi connectivity index (χ1n) is 9.81. The molecule has 0 fully saturated rings. The first-order chi connectivity index (χ1) is 15.2. The minimum Gasteiger partial charge on any atom is -0.494 e. The van der Waals surface area contributed by atoms with Gasteiger partial charge < -0.3 is 14.8 Å². The molecule has 1 N–H and O–H groups in total. The number of carbonyl (C=O) groups is 2. The van der Waals surface area contributed by atoms with Gasteiger partial charge in [0.2, 0.25) is 0 Å². The zero-order valence-electron chi connectivity index (χ0n) is 17.2. The maximum absolute atomic E-state index is 13.0. The van der Waals surface area contributed by atoms with Crippen molar-refractivity contribution in [3.63, 3.8) is 0 Å². The molecule has 0 saturated heterocycles. The van der Waals surface area contributed by atoms with E-state index in [9.17, 15) is 22.8 Å². The van der Waals surface area contributed by atoms with Crippen molar-refractivity contribution < 1.29 is 32.2 Å². The van der Waals surface area contributed by atoms with Crippen LogP contribution in [0.2, 0.25) is 0 Å². The Kier molecular flexibility index (Phi) is 6.87. The van der Waals surface area contributed by atoms with Gasteiger partial charge in [0.05, 0.1) is 12.2 Å². The monoisotopic (exact) mass is 446 g/mol. The molecule has 1 aliphatic rings. The summed E-state index contributed by atoms with van der Waals surface area (Å²) in [6.07, 6.45) is -2.61. The van der Waals surface area contributed by atoms with E-state index in [1.54, 1.807) is 24.3 Å². The lowest BCUT2D eigenvalue weighted by molar-refractivity contribution is -0.274. The lowest BCUT2D eigenvalue weighted by Crippen LogP contribution is -2.32. The predicted octanol–water partition coefficient (Wildman–Crippen LogP) is 4.75. The van der Waals surface area contributed by atoms with E-state index in [-0.39, 0.29) is 23.5 Å². The Morgan fingerprint density at radius 2 is 1.78 bits per heavy atom. The minimum atomic E-state index is -4.86. The standard InChI is InChI=1S/C23H21F3N2O4/c1-3-12-28-21(29)19(15-8-10-17(11-9-15)31-13-4-2)20(22(28)30)27-16-6-5-7-18(14-16)32-23(24,25)26/h3,5-11,14,27H,1,4,12-13H2,2H3. The molecule has 2 amide bonds. The maximum atomic E-state index is 13.0. The number of carbonyl (C=O) groups excluding carboxylic acids is 2. The molecule has 0 unspecified atom stereocenters. The number of hydrogen-bond donors (Lipinski definition) is 1. The fourth-order valence-electron chi connectivity index (χ4n) is 3.11. The van der Waals surface area contributed by atoms with Crippen LogP contribution in [0.5, 0.6) is 11.5 Å². The highest BCUT2D eigenvalue weighted by Crippen LogP contribution is 2.32. The van der Waals surface area contributed by atoms with Gasteiger partial charge in [0.25, 0.3) is 11.8 Å². The predicted molar refractivity (Wildman–Crippen MR) is 113 cm³/mol. The molecule has 2 aromatic rings. The van der Waals surface area contributed by atoms with Crippen molar-refractivity contribution in [1.29, 1.82) is 0 Å². The summed E-state index contributed by atoms with van der Waals surface area (Å²) < 4.78 is 47.1. The molecule has 9 heteroatoms. The van der Waals surface area contributed by atoms with Crippen LogP contribution >= 0.6 is 0 Å². The average molecular weight is 446 g/mol. The van der Waals surface area contributed by atoms with E-state index in [4.69, 9.17) is 4.74 Å². The number of imide groups is 1. The Bertz CT molecular complexity index is 1050. The van der Waals surface area contributed by atoms with Gasteiger partial charge in [-0.3, -0.25) is 14.5 Å². The quantitative estimate of drug-likeness (QED) is 0.445. The van der Waals surface area contributed by atoms with Gasteiger partial charge in [-0.1, -0.05) is 31.2 Å². The minimum absolute atomic E-state index is 0.0126. The molecule has 3 rings (SSSR count). The van der Waals surface area contributed by atoms with Gasteiger partial charge in [-0.2, -0.15) is 0 Å². The number of hydrogen-bond acceptors (Lipinski definition) is 5. The van der Waals surface area contributed by atoms with Crippen LogP contribution in [0.4, 0.5) is 18.9 Å². The van der Waals surface area contributed by atoms with Gasteiger partial charge in [-0.25, -0.2) is 0 Å². The molecule has 0 aliphatic carbocycles. The summed E-state index contributed by atoms with van der Waals surface area (Å²) in [6.45, 7) is 6.06. The number of benzene rings is 2. The van der Waals surface area contributed by atoms with Gasteiger partial charge >= 0.3 is 6.36 Å². The highest BCUT2D eigenvalue weighted by atomic mass is 19.4. The van der Waals surface area contributed by atoms with E-state index >= 15 is 0 Å². The number of nitrogens with one attached hydrogen (secondary N) is 1. The largest absolute Gasteiger partial charge is 0.573 e. The highest BCUT2D eigenvalue weighted by Gasteiger charge is 2.38. The van der Waals surface area contributed by atoms with E-state index in [0.717, 1.165) is 23.5 Å². The van der Waals surface area contributed by atoms with Crippen LogP contribution in [0.25, 0.3) is 5.57 Å². The molecule has 168 valence electrons. The van der Waals surface area contributed by atoms with Gasteiger partial charge in [-0.05, 0) is 36.2 Å². The molecular formula is C23H21F3N2O4. The van der Waals surface area contributed by atoms with Crippen molar-refractivity contribution in [2.24, 2.45) is 0 Å². The number of amides is 2. The van der Waals surface area contributed by atoms with E-state index in [0.29, 0.717) is 17.9 Å². The summed E-state index contributed by atoms with van der Waals surface area (Å²) in [4.78, 5) is 26.9. The first-order valence-corrected chi connectivity index (χ1v) is 9.81. The van der Waals surface area contributed by atoms with Crippen LogP contribution in [0.15, 0.2) is 66.9 Å². The van der Waals surface area contributed by atoms with Gasteiger partial charge in [0.15, 0.2) is 0 Å². The Balaban J connectivity index is 1.97. The molecule has 0 bridgehead atoms. The second-order valence-electron chi connectivity index (χ2n) is 6.83. The van der Waals surface area contributed by atoms with Crippen LogP contribution in [0.3, 0.4) is 0 Å². The Hall–Kier alpha value is -3.75. The van der Waals surface area contributed by atoms with Crippen LogP contribution < -0.4 is 14.8 Å². The molecule has 0 saturated carbocycles. The summed E-state index contributed by atoms with van der Waals surface area (Å²) in [5.41, 5.74) is 0.664. The Morgan fingerprint density at radius 3 is 2.41 bits per heavy atom. The van der Waals surface area contributed by atoms with Gasteiger partial charge in [0.1, 0.15) is 17.2 Å². The van der Waals surface area contributed by atoms with Crippen LogP contribution in [0.1, 0.15) is 18.9 Å². The molecule has 0 spiro atoms. The van der Waals surface area contributed by atoms with E-state index in [1.807, 2.05) is 6.92 Å². The summed E-state index contributed by atoms with van der Waals surface area (Å²) in [5.74, 6) is -0.995. The molecule has 1 heterocycles. The van der Waals surface area contributed by atoms with Crippen LogP contribution in [-0.2, 0) is 9.59 Å². The zero-order valence-corrected chi connectivity index (χ0v) is 17.2. The number of anilines is 1. The average Bonchev–Trinajstić information content (AvgIpc) is 2.96. The highest BCUT2D eigenvalue weighted by molar-refractivity contribution is 6.36. The zero-order chi connectivity index (χ0) is 23.3. The van der Waals surface area contributed by atoms with Crippen molar-refractivity contribution in [3.05, 3.63) is 72.4 Å².